The molecule has 2 amide bonds. The number of fused-ring (bicyclic) bond motifs is 2. The van der Waals surface area contributed by atoms with Crippen LogP contribution in [0.15, 0.2) is 24.3 Å². The molecule has 2 saturated carbocycles. The van der Waals surface area contributed by atoms with E-state index in [9.17, 15) is 18.4 Å². The highest BCUT2D eigenvalue weighted by Crippen LogP contribution is 2.52. The number of carbonyl (C=O) groups is 2. The first-order valence-corrected chi connectivity index (χ1v) is 10.5. The zero-order valence-corrected chi connectivity index (χ0v) is 15.9. The maximum absolute atomic E-state index is 14.5. The Hall–Kier alpha value is -1.98. The number of benzene rings is 1. The molecule has 2 bridgehead atoms. The van der Waals surface area contributed by atoms with Gasteiger partial charge < -0.3 is 9.80 Å². The molecule has 0 aromatic heterocycles. The van der Waals surface area contributed by atoms with Gasteiger partial charge in [-0.1, -0.05) is 12.1 Å². The van der Waals surface area contributed by atoms with Gasteiger partial charge in [0.15, 0.2) is 0 Å². The number of nitrogens with zero attached hydrogens (tertiary/aromatic N) is 2. The second-order valence-electron chi connectivity index (χ2n) is 9.00. The third-order valence-corrected chi connectivity index (χ3v) is 7.36. The van der Waals surface area contributed by atoms with Gasteiger partial charge in [-0.25, -0.2) is 8.78 Å². The predicted octanol–water partition coefficient (Wildman–Crippen LogP) is 3.24. The van der Waals surface area contributed by atoms with Crippen molar-refractivity contribution in [2.45, 2.75) is 75.2 Å². The molecule has 1 aromatic rings. The minimum absolute atomic E-state index is 0.0386. The van der Waals surface area contributed by atoms with Crippen molar-refractivity contribution in [3.05, 3.63) is 35.6 Å². The van der Waals surface area contributed by atoms with Crippen LogP contribution in [0.2, 0.25) is 0 Å². The van der Waals surface area contributed by atoms with Crippen molar-refractivity contribution in [3.63, 3.8) is 0 Å². The Labute approximate surface area is 163 Å². The largest absolute Gasteiger partial charge is 0.335 e. The molecule has 150 valence electrons. The van der Waals surface area contributed by atoms with Gasteiger partial charge in [-0.2, -0.15) is 0 Å². The molecule has 2 aliphatic heterocycles. The van der Waals surface area contributed by atoms with Gasteiger partial charge in [0.1, 0.15) is 18.0 Å². The molecule has 1 spiro atoms. The third kappa shape index (κ3) is 2.83. The zero-order valence-electron chi connectivity index (χ0n) is 15.9. The predicted molar refractivity (Wildman–Crippen MR) is 99.7 cm³/mol. The molecule has 2 saturated heterocycles. The lowest BCUT2D eigenvalue weighted by Crippen LogP contribution is -2.57. The summed E-state index contributed by atoms with van der Waals surface area (Å²) in [6.07, 6.45) is 4.85. The highest BCUT2D eigenvalue weighted by atomic mass is 19.1. The van der Waals surface area contributed by atoms with Gasteiger partial charge in [-0.3, -0.25) is 9.59 Å². The first kappa shape index (κ1) is 18.1. The van der Waals surface area contributed by atoms with Crippen LogP contribution in [0.25, 0.3) is 0 Å². The molecule has 28 heavy (non-hydrogen) atoms. The summed E-state index contributed by atoms with van der Waals surface area (Å²) < 4.78 is 27.5. The molecule has 6 heteroatoms. The fraction of sp³-hybridized carbons (Fsp3) is 0.636. The van der Waals surface area contributed by atoms with Crippen LogP contribution in [-0.2, 0) is 16.0 Å². The van der Waals surface area contributed by atoms with Crippen molar-refractivity contribution in [2.24, 2.45) is 5.92 Å². The second kappa shape index (κ2) is 6.53. The van der Waals surface area contributed by atoms with E-state index in [1.807, 2.05) is 4.90 Å². The SMILES string of the molecule is O=C(CCc1ccc(F)cc1)N1C2CC(C[C@@H]2F)[C@@H]1C(=O)N1CCCC12CC2. The molecule has 2 heterocycles. The summed E-state index contributed by atoms with van der Waals surface area (Å²) in [5.41, 5.74) is 0.909. The van der Waals surface area contributed by atoms with Crippen molar-refractivity contribution in [2.75, 3.05) is 6.54 Å². The van der Waals surface area contributed by atoms with Crippen LogP contribution in [0.5, 0.6) is 0 Å². The zero-order chi connectivity index (χ0) is 19.5. The van der Waals surface area contributed by atoms with E-state index in [0.29, 0.717) is 19.3 Å². The molecule has 0 N–H and O–H groups in total. The van der Waals surface area contributed by atoms with Crippen LogP contribution in [-0.4, -0.2) is 52.0 Å². The van der Waals surface area contributed by atoms with Crippen molar-refractivity contribution in [3.8, 4) is 0 Å². The maximum atomic E-state index is 14.5. The van der Waals surface area contributed by atoms with Crippen LogP contribution in [0, 0.1) is 11.7 Å². The summed E-state index contributed by atoms with van der Waals surface area (Å²) in [4.78, 5) is 30.0. The number of carbonyl (C=O) groups excluding carboxylic acids is 2. The monoisotopic (exact) mass is 388 g/mol. The Morgan fingerprint density at radius 3 is 2.57 bits per heavy atom. The summed E-state index contributed by atoms with van der Waals surface area (Å²) in [7, 11) is 0. The summed E-state index contributed by atoms with van der Waals surface area (Å²) >= 11 is 0. The number of halogens is 2. The first-order valence-electron chi connectivity index (χ1n) is 10.5. The van der Waals surface area contributed by atoms with Gasteiger partial charge in [0, 0.05) is 18.5 Å². The highest BCUT2D eigenvalue weighted by Gasteiger charge is 2.60. The van der Waals surface area contributed by atoms with Gasteiger partial charge in [0.25, 0.3) is 0 Å². The second-order valence-corrected chi connectivity index (χ2v) is 9.00. The van der Waals surface area contributed by atoms with Crippen molar-refractivity contribution in [1.29, 1.82) is 0 Å². The summed E-state index contributed by atoms with van der Waals surface area (Å²) in [5.74, 6) is -0.470. The van der Waals surface area contributed by atoms with Crippen LogP contribution in [0.4, 0.5) is 8.78 Å². The molecule has 1 aromatic carbocycles. The average Bonchev–Trinajstić information content (AvgIpc) is 3.00. The van der Waals surface area contributed by atoms with E-state index in [0.717, 1.165) is 37.8 Å². The molecule has 0 radical (unpaired) electrons. The summed E-state index contributed by atoms with van der Waals surface area (Å²) in [6, 6.07) is 5.14. The molecule has 4 fully saturated rings. The van der Waals surface area contributed by atoms with E-state index in [1.54, 1.807) is 17.0 Å². The number of amides is 2. The van der Waals surface area contributed by atoms with Crippen molar-refractivity contribution >= 4 is 11.8 Å². The Bertz CT molecular complexity index is 792. The molecule has 5 rings (SSSR count). The van der Waals surface area contributed by atoms with Crippen LogP contribution in [0.3, 0.4) is 0 Å². The number of likely N-dealkylation sites (tertiary alicyclic amines) is 2. The molecular formula is C22H26F2N2O2. The van der Waals surface area contributed by atoms with E-state index in [4.69, 9.17) is 0 Å². The summed E-state index contributed by atoms with van der Waals surface area (Å²) in [6.45, 7) is 0.767. The lowest BCUT2D eigenvalue weighted by molar-refractivity contribution is -0.150. The smallest absolute Gasteiger partial charge is 0.246 e. The van der Waals surface area contributed by atoms with Gasteiger partial charge >= 0.3 is 0 Å². The maximum Gasteiger partial charge on any atom is 0.246 e. The average molecular weight is 388 g/mol. The van der Waals surface area contributed by atoms with E-state index in [-0.39, 0.29) is 35.5 Å². The Morgan fingerprint density at radius 2 is 1.86 bits per heavy atom. The number of hydrogen-bond donors (Lipinski definition) is 0. The van der Waals surface area contributed by atoms with Crippen molar-refractivity contribution < 1.29 is 18.4 Å². The first-order chi connectivity index (χ1) is 13.5. The molecule has 2 unspecified atom stereocenters. The van der Waals surface area contributed by atoms with Gasteiger partial charge in [0.2, 0.25) is 11.8 Å². The molecule has 4 aliphatic rings. The van der Waals surface area contributed by atoms with Gasteiger partial charge in [0.05, 0.1) is 6.04 Å². The number of piperidine rings is 1. The number of alkyl halides is 1. The van der Waals surface area contributed by atoms with Gasteiger partial charge in [-0.05, 0) is 68.6 Å². The van der Waals surface area contributed by atoms with Crippen LogP contribution in [0.1, 0.15) is 50.5 Å². The molecule has 4 nitrogen and oxygen atoms in total. The molecular weight excluding hydrogens is 362 g/mol. The molecule has 2 aliphatic carbocycles. The fourth-order valence-electron chi connectivity index (χ4n) is 5.78. The minimum Gasteiger partial charge on any atom is -0.335 e. The lowest BCUT2D eigenvalue weighted by atomic mass is 9.95. The Kier molecular flexibility index (Phi) is 4.21. The number of rotatable bonds is 4. The van der Waals surface area contributed by atoms with E-state index in [1.165, 1.54) is 12.1 Å². The van der Waals surface area contributed by atoms with Crippen LogP contribution < -0.4 is 0 Å². The van der Waals surface area contributed by atoms with Crippen LogP contribution >= 0.6 is 0 Å². The van der Waals surface area contributed by atoms with E-state index >= 15 is 0 Å². The Morgan fingerprint density at radius 1 is 1.11 bits per heavy atom. The van der Waals surface area contributed by atoms with E-state index in [2.05, 4.69) is 0 Å². The van der Waals surface area contributed by atoms with E-state index < -0.39 is 18.3 Å². The lowest BCUT2D eigenvalue weighted by Gasteiger charge is -2.39. The number of aryl methyl sites for hydroxylation is 1. The summed E-state index contributed by atoms with van der Waals surface area (Å²) in [5, 5.41) is 0. The standard InChI is InChI=1S/C22H26F2N2O2/c23-16-5-2-14(3-6-16)4-7-19(27)26-18-13-15(12-17(18)24)20(26)21(28)25-11-1-8-22(25)9-10-22/h2-3,5-6,15,17-18,20H,1,4,7-13H2/t15?,17-,18?,20+/m0/s1. The third-order valence-electron chi connectivity index (χ3n) is 7.36. The minimum atomic E-state index is -1.03. The topological polar surface area (TPSA) is 40.6 Å². The quantitative estimate of drug-likeness (QED) is 0.795. The van der Waals surface area contributed by atoms with Gasteiger partial charge in [-0.15, -0.1) is 0 Å². The number of hydrogen-bond acceptors (Lipinski definition) is 2. The molecule has 4 atom stereocenters. The Balaban J connectivity index is 1.32. The highest BCUT2D eigenvalue weighted by molar-refractivity contribution is 5.90. The van der Waals surface area contributed by atoms with Crippen molar-refractivity contribution in [1.82, 2.24) is 9.80 Å². The fourth-order valence-corrected chi connectivity index (χ4v) is 5.78. The normalized spacial score (nSPS) is 32.4.